The Balaban J connectivity index is 0.000000417. The van der Waals surface area contributed by atoms with Crippen LogP contribution in [0.5, 0.6) is 0 Å². The Kier molecular flexibility index (Phi) is 36.2. The van der Waals surface area contributed by atoms with Crippen LogP contribution in [0.15, 0.2) is 59.8 Å². The smallest absolute Gasteiger partial charge is 0.345 e. The van der Waals surface area contributed by atoms with Gasteiger partial charge in [0.25, 0.3) is 0 Å². The highest BCUT2D eigenvalue weighted by Gasteiger charge is 2.51. The molecular weight excluding hydrogens is 1240 g/mol. The molecule has 0 aromatic carbocycles. The zero-order chi connectivity index (χ0) is 74.6. The lowest BCUT2D eigenvalue weighted by molar-refractivity contribution is -0.172. The van der Waals surface area contributed by atoms with Crippen LogP contribution < -0.4 is 0 Å². The summed E-state index contributed by atoms with van der Waals surface area (Å²) in [6, 6.07) is 0. The van der Waals surface area contributed by atoms with Gasteiger partial charge in [-0.3, -0.25) is 24.0 Å². The molecule has 0 amide bonds. The number of hydrogen-bond acceptors (Lipinski definition) is 15. The van der Waals surface area contributed by atoms with Crippen molar-refractivity contribution in [2.24, 2.45) is 50.7 Å². The zero-order valence-electron chi connectivity index (χ0n) is 65.5. The van der Waals surface area contributed by atoms with Crippen molar-refractivity contribution in [3.8, 4) is 0 Å². The van der Waals surface area contributed by atoms with Crippen molar-refractivity contribution in [3.63, 3.8) is 0 Å². The number of rotatable bonds is 26. The maximum absolute atomic E-state index is 12.5. The molecule has 0 bridgehead atoms. The van der Waals surface area contributed by atoms with Gasteiger partial charge in [0, 0.05) is 30.6 Å². The molecule has 5 fully saturated rings. The first-order chi connectivity index (χ1) is 45.6. The number of carbonyl (C=O) groups excluding carboxylic acids is 8. The van der Waals surface area contributed by atoms with Crippen molar-refractivity contribution in [2.75, 3.05) is 13.2 Å². The van der Waals surface area contributed by atoms with E-state index in [1.807, 2.05) is 122 Å². The second kappa shape index (κ2) is 39.9. The summed E-state index contributed by atoms with van der Waals surface area (Å²) >= 11 is 0. The Morgan fingerprint density at radius 2 is 0.918 bits per heavy atom. The quantitative estimate of drug-likeness (QED) is 0.0369. The number of aliphatic hydroxyl groups is 1. The summed E-state index contributed by atoms with van der Waals surface area (Å²) < 4.78 is 34.3. The van der Waals surface area contributed by atoms with Gasteiger partial charge in [-0.15, -0.1) is 0 Å². The van der Waals surface area contributed by atoms with Crippen molar-refractivity contribution in [1.82, 2.24) is 0 Å². The largest absolute Gasteiger partial charge is 0.454 e. The molecule has 0 saturated heterocycles. The van der Waals surface area contributed by atoms with Crippen LogP contribution in [0, 0.1) is 50.7 Å². The summed E-state index contributed by atoms with van der Waals surface area (Å²) in [7, 11) is 0. The van der Waals surface area contributed by atoms with E-state index < -0.39 is 50.0 Å². The Labute approximate surface area is 594 Å². The third-order valence-corrected chi connectivity index (χ3v) is 22.2. The van der Waals surface area contributed by atoms with E-state index in [1.165, 1.54) is 11.1 Å². The van der Waals surface area contributed by atoms with Crippen LogP contribution in [0.4, 0.5) is 0 Å². The fourth-order valence-electron chi connectivity index (χ4n) is 13.2. The van der Waals surface area contributed by atoms with E-state index in [9.17, 15) is 43.5 Å². The molecule has 15 heteroatoms. The number of hydrogen-bond donors (Lipinski definition) is 1. The van der Waals surface area contributed by atoms with E-state index in [0.717, 1.165) is 185 Å². The molecule has 0 aromatic heterocycles. The van der Waals surface area contributed by atoms with Crippen LogP contribution >= 0.6 is 0 Å². The van der Waals surface area contributed by atoms with E-state index in [0.29, 0.717) is 19.3 Å². The van der Waals surface area contributed by atoms with E-state index >= 15 is 0 Å². The molecule has 98 heavy (non-hydrogen) atoms. The minimum atomic E-state index is -0.591. The van der Waals surface area contributed by atoms with Gasteiger partial charge in [-0.2, -0.15) is 0 Å². The first kappa shape index (κ1) is 88.9. The average molecular weight is 1380 g/mol. The fraction of sp³-hybridized carbons (Fsp3) is 0.783. The predicted molar refractivity (Wildman–Crippen MR) is 392 cm³/mol. The number of esters is 6. The first-order valence-electron chi connectivity index (χ1n) is 37.8. The van der Waals surface area contributed by atoms with Crippen molar-refractivity contribution in [3.05, 3.63) is 59.8 Å². The molecule has 15 nitrogen and oxygen atoms in total. The van der Waals surface area contributed by atoms with E-state index in [4.69, 9.17) is 28.4 Å². The normalized spacial score (nSPS) is 26.1. The number of carbonyl (C=O) groups is 8. The molecule has 6 unspecified atom stereocenters. The highest BCUT2D eigenvalue weighted by Crippen LogP contribution is 2.49. The number of aldehydes is 2. The van der Waals surface area contributed by atoms with Gasteiger partial charge in [0.15, 0.2) is 6.61 Å². The molecule has 0 aliphatic heterocycles. The molecule has 6 aliphatic carbocycles. The summed E-state index contributed by atoms with van der Waals surface area (Å²) in [5, 5.41) is 9.72. The molecule has 0 spiro atoms. The Hall–Kier alpha value is -5.18. The second-order valence-corrected chi connectivity index (χ2v) is 33.2. The summed E-state index contributed by atoms with van der Waals surface area (Å²) in [6.07, 6.45) is 39.3. The summed E-state index contributed by atoms with van der Waals surface area (Å²) in [6.45, 7) is 45.0. The maximum atomic E-state index is 12.5. The van der Waals surface area contributed by atoms with Crippen LogP contribution in [0.25, 0.3) is 0 Å². The van der Waals surface area contributed by atoms with Crippen LogP contribution in [0.3, 0.4) is 0 Å². The SMILES string of the molecule is C=CC1(OC(=O)COC(=O)C(C)(C)CC)CCCC1.CC/C=C\C1(OC(=O)C(C)(C)CC)CCCC(C=O)C1.CCC(C)(C)C(=O)OC1(C2=CCCC2)CCCC1CO.CCC(C)(C)C(=O)OC1(C=C(C)C)CCC(C)CC1.CCC(C)(C)C(=O)OC1(C=C(C)C)CCCC(C=O)C1. The van der Waals surface area contributed by atoms with Crippen molar-refractivity contribution >= 4 is 48.4 Å². The van der Waals surface area contributed by atoms with Crippen molar-refractivity contribution in [2.45, 2.75) is 353 Å². The third-order valence-electron chi connectivity index (χ3n) is 22.2. The lowest BCUT2D eigenvalue weighted by atomic mass is 9.77. The molecule has 6 aliphatic rings. The predicted octanol–water partition coefficient (Wildman–Crippen LogP) is 19.6. The Morgan fingerprint density at radius 3 is 1.34 bits per heavy atom. The van der Waals surface area contributed by atoms with E-state index in [-0.39, 0.29) is 71.8 Å². The van der Waals surface area contributed by atoms with Crippen molar-refractivity contribution in [1.29, 1.82) is 0 Å². The highest BCUT2D eigenvalue weighted by atomic mass is 16.6. The molecule has 0 heterocycles. The van der Waals surface area contributed by atoms with Gasteiger partial charge in [0.1, 0.15) is 40.6 Å². The van der Waals surface area contributed by atoms with Crippen LogP contribution in [0.2, 0.25) is 0 Å². The second-order valence-electron chi connectivity index (χ2n) is 33.2. The topological polar surface area (TPSA) is 212 Å². The third kappa shape index (κ3) is 27.0. The monoisotopic (exact) mass is 1380 g/mol. The van der Waals surface area contributed by atoms with Gasteiger partial charge < -0.3 is 43.1 Å². The van der Waals surface area contributed by atoms with Crippen LogP contribution in [-0.2, 0) is 66.8 Å². The summed E-state index contributed by atoms with van der Waals surface area (Å²) in [5.74, 6) is -0.542. The van der Waals surface area contributed by atoms with Gasteiger partial charge >= 0.3 is 35.8 Å². The molecule has 0 aromatic rings. The molecular formula is C83H138O15. The molecule has 1 N–H and O–H groups in total. The highest BCUT2D eigenvalue weighted by molar-refractivity contribution is 5.80. The number of ether oxygens (including phenoxy) is 6. The molecule has 5 saturated carbocycles. The lowest BCUT2D eigenvalue weighted by Crippen LogP contribution is -2.45. The molecule has 0 radical (unpaired) electrons. The Morgan fingerprint density at radius 1 is 0.510 bits per heavy atom. The maximum Gasteiger partial charge on any atom is 0.345 e. The van der Waals surface area contributed by atoms with E-state index in [2.05, 4.69) is 46.4 Å². The standard InChI is InChI=1S/3C17H28O3.C17H30O2.C15H24O4/c1-4-16(2,3)15(19)20-17(13-8-5-6-9-13)11-7-10-14(17)12-18;1-6-16(4,5)15(19)20-17(10-13(2)3)9-7-8-14(11-17)12-18;1-5-7-10-17(11-8-9-14(12-17)13-18)20-15(19)16(3,4)6-2;1-7-16(5,6)15(18)19-17(12-13(2)3)10-8-14(4)9-11-17;1-5-14(3,4)13(17)18-11-12(16)19-15(6-2)9-7-8-10-15/h8,14,18H,4-7,9-12H2,1-3H3;10,12,14H,6-9,11H2,1-5H3;7,10,13-14H,5-6,8-9,11-12H2,1-4H3;12,14H,7-11H2,1-6H3;6H,2,5,7-11H2,1,3-4H3/b;;10-7-;;. The number of aliphatic hydroxyl groups excluding tert-OH is 1. The number of allylic oxidation sites excluding steroid dienone is 4. The Bertz CT molecular complexity index is 2700. The molecule has 6 rings (SSSR count). The average Bonchev–Trinajstić information content (AvgIpc) is 1.66. The van der Waals surface area contributed by atoms with Gasteiger partial charge in [-0.1, -0.05) is 78.3 Å². The van der Waals surface area contributed by atoms with E-state index in [1.54, 1.807) is 19.9 Å². The fourth-order valence-corrected chi connectivity index (χ4v) is 13.2. The van der Waals surface area contributed by atoms with Gasteiger partial charge in [-0.05, 0) is 300 Å². The first-order valence-corrected chi connectivity index (χ1v) is 37.8. The zero-order valence-corrected chi connectivity index (χ0v) is 65.5. The minimum absolute atomic E-state index is 0.00259. The molecule has 6 atom stereocenters. The summed E-state index contributed by atoms with van der Waals surface area (Å²) in [4.78, 5) is 95.4. The van der Waals surface area contributed by atoms with Gasteiger partial charge in [0.2, 0.25) is 0 Å². The van der Waals surface area contributed by atoms with Crippen LogP contribution in [0.1, 0.15) is 325 Å². The van der Waals surface area contributed by atoms with Gasteiger partial charge in [-0.25, -0.2) is 4.79 Å². The van der Waals surface area contributed by atoms with Gasteiger partial charge in [0.05, 0.1) is 33.7 Å². The lowest BCUT2D eigenvalue weighted by Gasteiger charge is -2.39. The minimum Gasteiger partial charge on any atom is -0.454 e. The summed E-state index contributed by atoms with van der Waals surface area (Å²) in [5.41, 5.74) is -1.32. The van der Waals surface area contributed by atoms with Crippen molar-refractivity contribution < 1.29 is 71.9 Å². The van der Waals surface area contributed by atoms with Crippen LogP contribution in [-0.4, -0.2) is 94.7 Å². The molecule has 560 valence electrons.